The molecule has 1 fully saturated rings. The number of carbonyl (C=O) groups is 3. The number of nitrogens with one attached hydrogen (secondary N) is 1. The third kappa shape index (κ3) is 4.81. The van der Waals surface area contributed by atoms with Gasteiger partial charge in [0, 0.05) is 24.9 Å². The quantitative estimate of drug-likeness (QED) is 0.832. The van der Waals surface area contributed by atoms with Gasteiger partial charge in [0.1, 0.15) is 0 Å². The number of ether oxygens (including phenoxy) is 1. The smallest absolute Gasteiger partial charge is 0.340 e. The van der Waals surface area contributed by atoms with Crippen molar-refractivity contribution in [2.24, 2.45) is 11.8 Å². The molecule has 1 heterocycles. The van der Waals surface area contributed by atoms with Crippen LogP contribution in [-0.4, -0.2) is 42.4 Å². The Hall–Kier alpha value is -2.37. The first-order chi connectivity index (χ1) is 11.9. The molecular weight excluding hydrogens is 320 g/mol. The molecule has 1 aromatic carbocycles. The van der Waals surface area contributed by atoms with Crippen molar-refractivity contribution >= 4 is 23.5 Å². The number of para-hydroxylation sites is 1. The molecule has 0 spiro atoms. The van der Waals surface area contributed by atoms with E-state index in [2.05, 4.69) is 5.32 Å². The number of esters is 1. The van der Waals surface area contributed by atoms with E-state index in [0.29, 0.717) is 37.2 Å². The number of hydrogen-bond donors (Lipinski definition) is 1. The third-order valence-electron chi connectivity index (χ3n) is 4.35. The Morgan fingerprint density at radius 3 is 2.44 bits per heavy atom. The summed E-state index contributed by atoms with van der Waals surface area (Å²) in [5, 5.41) is 2.84. The molecule has 136 valence electrons. The number of benzene rings is 1. The van der Waals surface area contributed by atoms with Gasteiger partial charge in [-0.25, -0.2) is 4.79 Å². The van der Waals surface area contributed by atoms with Crippen LogP contribution in [0.15, 0.2) is 24.3 Å². The Morgan fingerprint density at radius 2 is 1.84 bits per heavy atom. The Morgan fingerprint density at radius 1 is 1.20 bits per heavy atom. The Labute approximate surface area is 148 Å². The summed E-state index contributed by atoms with van der Waals surface area (Å²) < 4.78 is 5.02. The number of nitrogens with zero attached hydrogens (tertiary/aromatic N) is 1. The van der Waals surface area contributed by atoms with Crippen LogP contribution in [-0.2, 0) is 14.3 Å². The van der Waals surface area contributed by atoms with Crippen molar-refractivity contribution in [1.29, 1.82) is 0 Å². The molecule has 6 heteroatoms. The second-order valence-electron chi connectivity index (χ2n) is 6.51. The van der Waals surface area contributed by atoms with Gasteiger partial charge in [0.15, 0.2) is 0 Å². The molecule has 0 aromatic heterocycles. The van der Waals surface area contributed by atoms with Gasteiger partial charge < -0.3 is 15.0 Å². The normalized spacial score (nSPS) is 15.1. The first-order valence-electron chi connectivity index (χ1n) is 8.79. The van der Waals surface area contributed by atoms with Gasteiger partial charge in [-0.15, -0.1) is 0 Å². The summed E-state index contributed by atoms with van der Waals surface area (Å²) in [5.74, 6) is -0.621. The number of carbonyl (C=O) groups excluding carboxylic acids is 3. The molecule has 0 aliphatic carbocycles. The zero-order valence-corrected chi connectivity index (χ0v) is 15.1. The highest BCUT2D eigenvalue weighted by atomic mass is 16.5. The monoisotopic (exact) mass is 346 g/mol. The highest BCUT2D eigenvalue weighted by Crippen LogP contribution is 2.22. The van der Waals surface area contributed by atoms with Crippen LogP contribution in [0.1, 0.15) is 44.0 Å². The molecule has 1 saturated heterocycles. The molecule has 0 unspecified atom stereocenters. The fourth-order valence-corrected chi connectivity index (χ4v) is 2.94. The maximum Gasteiger partial charge on any atom is 0.340 e. The van der Waals surface area contributed by atoms with Gasteiger partial charge in [0.2, 0.25) is 11.8 Å². The van der Waals surface area contributed by atoms with Crippen molar-refractivity contribution in [2.45, 2.75) is 33.6 Å². The molecule has 1 aliphatic heterocycles. The van der Waals surface area contributed by atoms with E-state index in [-0.39, 0.29) is 30.3 Å². The molecule has 0 radical (unpaired) electrons. The molecular formula is C19H26N2O4. The van der Waals surface area contributed by atoms with Crippen LogP contribution < -0.4 is 5.32 Å². The fourth-order valence-electron chi connectivity index (χ4n) is 2.94. The minimum Gasteiger partial charge on any atom is -0.462 e. The van der Waals surface area contributed by atoms with E-state index < -0.39 is 5.97 Å². The van der Waals surface area contributed by atoms with Crippen LogP contribution >= 0.6 is 0 Å². The zero-order chi connectivity index (χ0) is 18.4. The summed E-state index contributed by atoms with van der Waals surface area (Å²) in [4.78, 5) is 38.4. The van der Waals surface area contributed by atoms with Gasteiger partial charge in [-0.2, -0.15) is 0 Å². The summed E-state index contributed by atoms with van der Waals surface area (Å²) in [5.41, 5.74) is 0.816. The van der Waals surface area contributed by atoms with Crippen molar-refractivity contribution in [2.75, 3.05) is 25.0 Å². The Balaban J connectivity index is 1.98. The Kier molecular flexibility index (Phi) is 6.56. The molecule has 2 rings (SSSR count). The lowest BCUT2D eigenvalue weighted by Gasteiger charge is -2.32. The van der Waals surface area contributed by atoms with Crippen molar-refractivity contribution in [3.63, 3.8) is 0 Å². The SMILES string of the molecule is CCOC(=O)c1ccccc1NC(=O)C1CCN(C(=O)C(C)C)CC1. The minimum atomic E-state index is -0.448. The highest BCUT2D eigenvalue weighted by Gasteiger charge is 2.28. The maximum atomic E-state index is 12.5. The van der Waals surface area contributed by atoms with Crippen LogP contribution in [0, 0.1) is 11.8 Å². The van der Waals surface area contributed by atoms with Gasteiger partial charge >= 0.3 is 5.97 Å². The molecule has 0 bridgehead atoms. The highest BCUT2D eigenvalue weighted by molar-refractivity contribution is 6.01. The van der Waals surface area contributed by atoms with E-state index in [1.165, 1.54) is 0 Å². The van der Waals surface area contributed by atoms with Crippen molar-refractivity contribution in [3.05, 3.63) is 29.8 Å². The second kappa shape index (κ2) is 8.65. The van der Waals surface area contributed by atoms with Gasteiger partial charge in [-0.3, -0.25) is 9.59 Å². The number of rotatable bonds is 5. The third-order valence-corrected chi connectivity index (χ3v) is 4.35. The van der Waals surface area contributed by atoms with E-state index in [1.807, 2.05) is 18.7 Å². The predicted octanol–water partition coefficient (Wildman–Crippen LogP) is 2.70. The van der Waals surface area contributed by atoms with Gasteiger partial charge in [-0.1, -0.05) is 26.0 Å². The van der Waals surface area contributed by atoms with Crippen molar-refractivity contribution < 1.29 is 19.1 Å². The maximum absolute atomic E-state index is 12.5. The van der Waals surface area contributed by atoms with Gasteiger partial charge in [-0.05, 0) is 31.9 Å². The number of likely N-dealkylation sites (tertiary alicyclic amines) is 1. The number of piperidine rings is 1. The van der Waals surface area contributed by atoms with E-state index >= 15 is 0 Å². The minimum absolute atomic E-state index is 0.0261. The van der Waals surface area contributed by atoms with Gasteiger partial charge in [0.25, 0.3) is 0 Å². The fraction of sp³-hybridized carbons (Fsp3) is 0.526. The molecule has 1 aliphatic rings. The lowest BCUT2D eigenvalue weighted by Crippen LogP contribution is -2.43. The molecule has 0 saturated carbocycles. The number of anilines is 1. The summed E-state index contributed by atoms with van der Waals surface area (Å²) >= 11 is 0. The molecule has 1 aromatic rings. The summed E-state index contributed by atoms with van der Waals surface area (Å²) in [6, 6.07) is 6.83. The zero-order valence-electron chi connectivity index (χ0n) is 15.1. The van der Waals surface area contributed by atoms with E-state index in [1.54, 1.807) is 31.2 Å². The topological polar surface area (TPSA) is 75.7 Å². The lowest BCUT2D eigenvalue weighted by atomic mass is 9.95. The van der Waals surface area contributed by atoms with Crippen LogP contribution in [0.25, 0.3) is 0 Å². The molecule has 1 N–H and O–H groups in total. The molecule has 25 heavy (non-hydrogen) atoms. The van der Waals surface area contributed by atoms with Crippen LogP contribution in [0.2, 0.25) is 0 Å². The average molecular weight is 346 g/mol. The summed E-state index contributed by atoms with van der Waals surface area (Å²) in [7, 11) is 0. The standard InChI is InChI=1S/C19H26N2O4/c1-4-25-19(24)15-7-5-6-8-16(15)20-17(22)14-9-11-21(12-10-14)18(23)13(2)3/h5-8,13-14H,4,9-12H2,1-3H3,(H,20,22). The molecule has 0 atom stereocenters. The average Bonchev–Trinajstić information content (AvgIpc) is 2.61. The van der Waals surface area contributed by atoms with Crippen LogP contribution in [0.3, 0.4) is 0 Å². The van der Waals surface area contributed by atoms with Gasteiger partial charge in [0.05, 0.1) is 17.9 Å². The van der Waals surface area contributed by atoms with E-state index in [9.17, 15) is 14.4 Å². The van der Waals surface area contributed by atoms with E-state index in [0.717, 1.165) is 0 Å². The first-order valence-corrected chi connectivity index (χ1v) is 8.79. The number of hydrogen-bond acceptors (Lipinski definition) is 4. The second-order valence-corrected chi connectivity index (χ2v) is 6.51. The van der Waals surface area contributed by atoms with Crippen molar-refractivity contribution in [3.8, 4) is 0 Å². The van der Waals surface area contributed by atoms with Crippen LogP contribution in [0.5, 0.6) is 0 Å². The molecule has 6 nitrogen and oxygen atoms in total. The summed E-state index contributed by atoms with van der Waals surface area (Å²) in [6.45, 7) is 6.97. The van der Waals surface area contributed by atoms with Crippen LogP contribution in [0.4, 0.5) is 5.69 Å². The first kappa shape index (κ1) is 19.0. The molecule has 2 amide bonds. The largest absolute Gasteiger partial charge is 0.462 e. The summed E-state index contributed by atoms with van der Waals surface area (Å²) in [6.07, 6.45) is 1.26. The lowest BCUT2D eigenvalue weighted by molar-refractivity contribution is -0.137. The van der Waals surface area contributed by atoms with Crippen molar-refractivity contribution in [1.82, 2.24) is 4.90 Å². The Bertz CT molecular complexity index is 634. The predicted molar refractivity (Wildman–Crippen MR) is 95.2 cm³/mol. The van der Waals surface area contributed by atoms with E-state index in [4.69, 9.17) is 4.74 Å². The number of amides is 2.